The van der Waals surface area contributed by atoms with Gasteiger partial charge in [0.15, 0.2) is 5.78 Å². The average Bonchev–Trinajstić information content (AvgIpc) is 2.92. The molecule has 0 heterocycles. The molecular formula is C19H34N2O4. The van der Waals surface area contributed by atoms with Gasteiger partial charge in [-0.05, 0) is 32.2 Å². The number of rotatable bonds is 14. The van der Waals surface area contributed by atoms with Crippen LogP contribution in [0.2, 0.25) is 0 Å². The molecule has 4 N–H and O–H groups in total. The van der Waals surface area contributed by atoms with Crippen molar-refractivity contribution in [2.75, 3.05) is 19.6 Å². The van der Waals surface area contributed by atoms with Crippen molar-refractivity contribution in [2.24, 2.45) is 17.1 Å². The van der Waals surface area contributed by atoms with E-state index in [1.807, 2.05) is 0 Å². The highest BCUT2D eigenvalue weighted by Gasteiger charge is 2.57. The number of carbonyl (C=O) groups is 3. The maximum atomic E-state index is 12.6. The van der Waals surface area contributed by atoms with Crippen LogP contribution < -0.4 is 11.1 Å². The number of carbonyl (C=O) groups excluding carboxylic acids is 2. The Labute approximate surface area is 150 Å². The Hall–Kier alpha value is -1.27. The predicted octanol–water partition coefficient (Wildman–Crippen LogP) is 2.29. The minimum atomic E-state index is -1.51. The van der Waals surface area contributed by atoms with Crippen LogP contribution in [0.3, 0.4) is 0 Å². The molecule has 0 spiro atoms. The molecule has 0 aliphatic heterocycles. The molecule has 0 amide bonds. The first-order valence-corrected chi connectivity index (χ1v) is 9.70. The van der Waals surface area contributed by atoms with Crippen LogP contribution in [0.15, 0.2) is 0 Å². The summed E-state index contributed by atoms with van der Waals surface area (Å²) < 4.78 is 0. The molecule has 0 aromatic carbocycles. The summed E-state index contributed by atoms with van der Waals surface area (Å²) >= 11 is 0. The maximum absolute atomic E-state index is 12.6. The molecule has 6 heteroatoms. The third-order valence-corrected chi connectivity index (χ3v) is 5.30. The number of nitrogens with two attached hydrogens (primary N) is 1. The van der Waals surface area contributed by atoms with Crippen LogP contribution in [0.1, 0.15) is 71.1 Å². The van der Waals surface area contributed by atoms with E-state index in [0.717, 1.165) is 32.1 Å². The van der Waals surface area contributed by atoms with Gasteiger partial charge in [-0.1, -0.05) is 32.6 Å². The van der Waals surface area contributed by atoms with Crippen LogP contribution in [0.4, 0.5) is 0 Å². The Morgan fingerprint density at radius 1 is 1.20 bits per heavy atom. The van der Waals surface area contributed by atoms with Crippen molar-refractivity contribution >= 4 is 17.5 Å². The Morgan fingerprint density at radius 2 is 1.92 bits per heavy atom. The maximum Gasteiger partial charge on any atom is 0.317 e. The van der Waals surface area contributed by atoms with E-state index in [4.69, 9.17) is 5.73 Å². The van der Waals surface area contributed by atoms with Crippen LogP contribution in [0.25, 0.3) is 0 Å². The van der Waals surface area contributed by atoms with Gasteiger partial charge in [0.05, 0.1) is 0 Å². The van der Waals surface area contributed by atoms with Gasteiger partial charge in [0.2, 0.25) is 0 Å². The second kappa shape index (κ2) is 11.4. The second-order valence-electron chi connectivity index (χ2n) is 7.06. The van der Waals surface area contributed by atoms with E-state index in [9.17, 15) is 19.5 Å². The van der Waals surface area contributed by atoms with E-state index in [2.05, 4.69) is 12.2 Å². The first-order chi connectivity index (χ1) is 12.0. The number of carboxylic acids is 1. The molecule has 144 valence electrons. The first-order valence-electron chi connectivity index (χ1n) is 9.70. The molecule has 25 heavy (non-hydrogen) atoms. The van der Waals surface area contributed by atoms with Crippen molar-refractivity contribution in [3.05, 3.63) is 0 Å². The molecule has 1 rings (SSSR count). The van der Waals surface area contributed by atoms with Crippen LogP contribution in [-0.2, 0) is 14.4 Å². The lowest BCUT2D eigenvalue weighted by Gasteiger charge is -2.29. The van der Waals surface area contributed by atoms with E-state index in [0.29, 0.717) is 38.9 Å². The van der Waals surface area contributed by atoms with Crippen LogP contribution >= 0.6 is 0 Å². The SMILES string of the molecule is CCCCCCCC(=O)[C@H]1CCC(=O)[C@@]1(CCCNCCN)C(=O)O. The lowest BCUT2D eigenvalue weighted by molar-refractivity contribution is -0.159. The van der Waals surface area contributed by atoms with Crippen molar-refractivity contribution in [1.82, 2.24) is 5.32 Å². The van der Waals surface area contributed by atoms with Crippen molar-refractivity contribution in [3.8, 4) is 0 Å². The summed E-state index contributed by atoms with van der Waals surface area (Å²) in [5.74, 6) is -2.10. The smallest absolute Gasteiger partial charge is 0.317 e. The third kappa shape index (κ3) is 5.89. The molecule has 1 aliphatic rings. The highest BCUT2D eigenvalue weighted by Crippen LogP contribution is 2.45. The first kappa shape index (κ1) is 21.8. The summed E-state index contributed by atoms with van der Waals surface area (Å²) in [4.78, 5) is 37.0. The molecule has 2 atom stereocenters. The van der Waals surface area contributed by atoms with Crippen LogP contribution in [0, 0.1) is 11.3 Å². The number of Topliss-reactive ketones (excluding diaryl/α,β-unsaturated/α-hetero) is 2. The van der Waals surface area contributed by atoms with Gasteiger partial charge in [-0.2, -0.15) is 0 Å². The molecule has 0 unspecified atom stereocenters. The van der Waals surface area contributed by atoms with Gasteiger partial charge in [-0.25, -0.2) is 0 Å². The largest absolute Gasteiger partial charge is 0.480 e. The molecule has 6 nitrogen and oxygen atoms in total. The number of carboxylic acid groups (broad SMARTS) is 1. The number of hydrogen-bond acceptors (Lipinski definition) is 5. The molecule has 1 aliphatic carbocycles. The fourth-order valence-corrected chi connectivity index (χ4v) is 3.86. The van der Waals surface area contributed by atoms with Gasteiger partial charge < -0.3 is 16.2 Å². The van der Waals surface area contributed by atoms with Crippen molar-refractivity contribution < 1.29 is 19.5 Å². The van der Waals surface area contributed by atoms with Crippen molar-refractivity contribution in [2.45, 2.75) is 71.1 Å². The Balaban J connectivity index is 2.66. The summed E-state index contributed by atoms with van der Waals surface area (Å²) in [6.07, 6.45) is 6.94. The zero-order chi connectivity index (χ0) is 18.7. The molecule has 1 fully saturated rings. The van der Waals surface area contributed by atoms with E-state index < -0.39 is 17.3 Å². The topological polar surface area (TPSA) is 109 Å². The van der Waals surface area contributed by atoms with Gasteiger partial charge in [0.25, 0.3) is 0 Å². The lowest BCUT2D eigenvalue weighted by atomic mass is 9.71. The Morgan fingerprint density at radius 3 is 2.56 bits per heavy atom. The van der Waals surface area contributed by atoms with Crippen molar-refractivity contribution in [3.63, 3.8) is 0 Å². The molecule has 0 saturated heterocycles. The highest BCUT2D eigenvalue weighted by molar-refractivity contribution is 6.09. The van der Waals surface area contributed by atoms with E-state index in [1.54, 1.807) is 0 Å². The molecule has 0 radical (unpaired) electrons. The number of ketones is 2. The van der Waals surface area contributed by atoms with E-state index in [-0.39, 0.29) is 24.4 Å². The predicted molar refractivity (Wildman–Crippen MR) is 97.3 cm³/mol. The third-order valence-electron chi connectivity index (χ3n) is 5.30. The number of hydrogen-bond donors (Lipinski definition) is 3. The fraction of sp³-hybridized carbons (Fsp3) is 0.842. The second-order valence-corrected chi connectivity index (χ2v) is 7.06. The zero-order valence-electron chi connectivity index (χ0n) is 15.5. The molecule has 0 bridgehead atoms. The number of nitrogens with one attached hydrogen (secondary N) is 1. The normalized spacial score (nSPS) is 23.1. The minimum Gasteiger partial charge on any atom is -0.480 e. The summed E-state index contributed by atoms with van der Waals surface area (Å²) in [7, 11) is 0. The molecule has 1 saturated carbocycles. The number of unbranched alkanes of at least 4 members (excludes halogenated alkanes) is 4. The quantitative estimate of drug-likeness (QED) is 0.326. The lowest BCUT2D eigenvalue weighted by Crippen LogP contribution is -2.44. The van der Waals surface area contributed by atoms with Gasteiger partial charge in [-0.3, -0.25) is 14.4 Å². The number of aliphatic carboxylic acids is 1. The van der Waals surface area contributed by atoms with Crippen molar-refractivity contribution in [1.29, 1.82) is 0 Å². The zero-order valence-corrected chi connectivity index (χ0v) is 15.5. The van der Waals surface area contributed by atoms with Gasteiger partial charge >= 0.3 is 5.97 Å². The summed E-state index contributed by atoms with van der Waals surface area (Å²) in [5, 5.41) is 12.9. The highest BCUT2D eigenvalue weighted by atomic mass is 16.4. The Bertz CT molecular complexity index is 453. The van der Waals surface area contributed by atoms with Gasteiger partial charge in [0, 0.05) is 31.8 Å². The summed E-state index contributed by atoms with van der Waals surface area (Å²) in [5.41, 5.74) is 3.90. The summed E-state index contributed by atoms with van der Waals surface area (Å²) in [6, 6.07) is 0. The fourth-order valence-electron chi connectivity index (χ4n) is 3.86. The van der Waals surface area contributed by atoms with Crippen LogP contribution in [-0.4, -0.2) is 42.3 Å². The standard InChI is InChI=1S/C19H34N2O4/c1-2-3-4-5-6-8-16(22)15-9-10-17(23)19(15,18(24)25)11-7-13-21-14-12-20/h15,21H,2-14,20H2,1H3,(H,24,25)/t15-,19+/m1/s1. The molecule has 0 aromatic rings. The molecular weight excluding hydrogens is 320 g/mol. The van der Waals surface area contributed by atoms with Crippen LogP contribution in [0.5, 0.6) is 0 Å². The van der Waals surface area contributed by atoms with E-state index in [1.165, 1.54) is 0 Å². The molecule has 0 aromatic heterocycles. The average molecular weight is 354 g/mol. The Kier molecular flexibility index (Phi) is 9.90. The monoisotopic (exact) mass is 354 g/mol. The van der Waals surface area contributed by atoms with Gasteiger partial charge in [0.1, 0.15) is 11.2 Å². The minimum absolute atomic E-state index is 0.0420. The van der Waals surface area contributed by atoms with E-state index >= 15 is 0 Å². The van der Waals surface area contributed by atoms with Gasteiger partial charge in [-0.15, -0.1) is 0 Å². The summed E-state index contributed by atoms with van der Waals surface area (Å²) in [6.45, 7) is 3.92.